The molecule has 1 rings (SSSR count). The van der Waals surface area contributed by atoms with Gasteiger partial charge in [-0.15, -0.1) is 0 Å². The van der Waals surface area contributed by atoms with Crippen molar-refractivity contribution in [1.82, 2.24) is 4.90 Å². The van der Waals surface area contributed by atoms with Crippen molar-refractivity contribution in [2.24, 2.45) is 0 Å². The van der Waals surface area contributed by atoms with Crippen molar-refractivity contribution in [2.75, 3.05) is 5.75 Å². The number of carboxylic acids is 1. The van der Waals surface area contributed by atoms with Crippen LogP contribution < -0.4 is 0 Å². The van der Waals surface area contributed by atoms with Crippen molar-refractivity contribution in [1.29, 1.82) is 0 Å². The van der Waals surface area contributed by atoms with Gasteiger partial charge in [0.2, 0.25) is 5.91 Å². The molecule has 1 aliphatic rings. The number of piperidine rings is 1. The van der Waals surface area contributed by atoms with Gasteiger partial charge in [0.1, 0.15) is 6.04 Å². The van der Waals surface area contributed by atoms with Crippen LogP contribution in [0.15, 0.2) is 0 Å². The van der Waals surface area contributed by atoms with Crippen molar-refractivity contribution in [3.05, 3.63) is 0 Å². The van der Waals surface area contributed by atoms with Gasteiger partial charge >= 0.3 is 5.97 Å². The van der Waals surface area contributed by atoms with Gasteiger partial charge in [0.25, 0.3) is 0 Å². The third-order valence-electron chi connectivity index (χ3n) is 3.10. The van der Waals surface area contributed by atoms with Crippen LogP contribution in [0.1, 0.15) is 39.5 Å². The Labute approximate surface area is 111 Å². The van der Waals surface area contributed by atoms with Crippen molar-refractivity contribution in [3.8, 4) is 0 Å². The Bertz CT molecular complexity index is 345. The quantitative estimate of drug-likeness (QED) is 0.840. The Morgan fingerprint density at radius 2 is 2.00 bits per heavy atom. The molecule has 0 aromatic rings. The number of likely N-dealkylation sites (tertiary alicyclic amines) is 1. The van der Waals surface area contributed by atoms with Crippen LogP contribution in [-0.2, 0) is 14.4 Å². The highest BCUT2D eigenvalue weighted by molar-refractivity contribution is 8.13. The number of carbonyl (C=O) groups excluding carboxylic acids is 2. The molecular weight excluding hydrogens is 254 g/mol. The summed E-state index contributed by atoms with van der Waals surface area (Å²) in [5.74, 6) is -0.679. The molecule has 0 aromatic heterocycles. The fourth-order valence-electron chi connectivity index (χ4n) is 2.27. The van der Waals surface area contributed by atoms with E-state index in [0.717, 1.165) is 24.6 Å². The van der Waals surface area contributed by atoms with Crippen molar-refractivity contribution in [2.45, 2.75) is 51.6 Å². The first-order valence-corrected chi connectivity index (χ1v) is 7.09. The van der Waals surface area contributed by atoms with Crippen LogP contribution in [0.3, 0.4) is 0 Å². The average Bonchev–Trinajstić information content (AvgIpc) is 2.27. The summed E-state index contributed by atoms with van der Waals surface area (Å²) in [6.45, 7) is 3.34. The molecule has 0 bridgehead atoms. The molecule has 18 heavy (non-hydrogen) atoms. The minimum Gasteiger partial charge on any atom is -0.480 e. The molecule has 1 heterocycles. The second kappa shape index (κ2) is 6.78. The second-order valence-electron chi connectivity index (χ2n) is 4.53. The van der Waals surface area contributed by atoms with Gasteiger partial charge < -0.3 is 10.0 Å². The zero-order valence-electron chi connectivity index (χ0n) is 10.7. The SMILES string of the molecule is CC(=O)SCCC(=O)N1[C@@H](C)CCC[C@H]1C(=O)O. The predicted molar refractivity (Wildman–Crippen MR) is 69.3 cm³/mol. The molecular formula is C12H19NO4S. The summed E-state index contributed by atoms with van der Waals surface area (Å²) in [5.41, 5.74) is 0. The number of thioether (sulfide) groups is 1. The number of nitrogens with zero attached hydrogens (tertiary/aromatic N) is 1. The molecule has 1 N–H and O–H groups in total. The van der Waals surface area contributed by atoms with Gasteiger partial charge in [-0.2, -0.15) is 0 Å². The topological polar surface area (TPSA) is 74.7 Å². The smallest absolute Gasteiger partial charge is 0.326 e. The lowest BCUT2D eigenvalue weighted by atomic mass is 9.96. The molecule has 5 nitrogen and oxygen atoms in total. The number of carboxylic acid groups (broad SMARTS) is 1. The van der Waals surface area contributed by atoms with E-state index in [9.17, 15) is 14.4 Å². The van der Waals surface area contributed by atoms with Gasteiger partial charge in [-0.3, -0.25) is 9.59 Å². The maximum absolute atomic E-state index is 12.0. The summed E-state index contributed by atoms with van der Waals surface area (Å²) in [6.07, 6.45) is 2.42. The lowest BCUT2D eigenvalue weighted by molar-refractivity contribution is -0.154. The lowest BCUT2D eigenvalue weighted by Gasteiger charge is -2.38. The van der Waals surface area contributed by atoms with Crippen LogP contribution in [0.4, 0.5) is 0 Å². The maximum atomic E-state index is 12.0. The monoisotopic (exact) mass is 273 g/mol. The number of hydrogen-bond donors (Lipinski definition) is 1. The third-order valence-corrected chi connectivity index (χ3v) is 3.92. The fourth-order valence-corrected chi connectivity index (χ4v) is 2.83. The van der Waals surface area contributed by atoms with E-state index >= 15 is 0 Å². The van der Waals surface area contributed by atoms with E-state index in [4.69, 9.17) is 5.11 Å². The summed E-state index contributed by atoms with van der Waals surface area (Å²) in [5, 5.41) is 9.11. The van der Waals surface area contributed by atoms with Gasteiger partial charge in [0.15, 0.2) is 5.12 Å². The van der Waals surface area contributed by atoms with Crippen LogP contribution in [0.5, 0.6) is 0 Å². The maximum Gasteiger partial charge on any atom is 0.326 e. The van der Waals surface area contributed by atoms with E-state index in [-0.39, 0.29) is 23.5 Å². The predicted octanol–water partition coefficient (Wildman–Crippen LogP) is 1.51. The Balaban J connectivity index is 2.60. The highest BCUT2D eigenvalue weighted by Gasteiger charge is 2.35. The average molecular weight is 273 g/mol. The highest BCUT2D eigenvalue weighted by atomic mass is 32.2. The van der Waals surface area contributed by atoms with E-state index in [2.05, 4.69) is 0 Å². The van der Waals surface area contributed by atoms with Gasteiger partial charge in [0, 0.05) is 25.1 Å². The molecule has 0 aliphatic carbocycles. The highest BCUT2D eigenvalue weighted by Crippen LogP contribution is 2.24. The Morgan fingerprint density at radius 3 is 2.56 bits per heavy atom. The Kier molecular flexibility index (Phi) is 5.65. The molecule has 0 aromatic carbocycles. The Hall–Kier alpha value is -1.04. The van der Waals surface area contributed by atoms with Crippen LogP contribution >= 0.6 is 11.8 Å². The molecule has 0 radical (unpaired) electrons. The minimum atomic E-state index is -0.936. The number of carbonyl (C=O) groups is 3. The number of hydrogen-bond acceptors (Lipinski definition) is 4. The number of aliphatic carboxylic acids is 1. The summed E-state index contributed by atoms with van der Waals surface area (Å²) in [6, 6.07) is -0.738. The standard InChI is InChI=1S/C12H19NO4S/c1-8-4-3-5-10(12(16)17)13(8)11(15)6-7-18-9(2)14/h8,10H,3-7H2,1-2H3,(H,16,17)/t8-,10-/m0/s1. The third kappa shape index (κ3) is 4.01. The van der Waals surface area contributed by atoms with E-state index in [1.807, 2.05) is 6.92 Å². The van der Waals surface area contributed by atoms with E-state index in [1.165, 1.54) is 11.8 Å². The zero-order chi connectivity index (χ0) is 13.7. The molecule has 102 valence electrons. The number of rotatable bonds is 4. The van der Waals surface area contributed by atoms with E-state index < -0.39 is 12.0 Å². The molecule has 1 saturated heterocycles. The molecule has 2 atom stereocenters. The van der Waals surface area contributed by atoms with Crippen LogP contribution in [0.2, 0.25) is 0 Å². The van der Waals surface area contributed by atoms with E-state index in [0.29, 0.717) is 12.2 Å². The molecule has 1 amide bonds. The van der Waals surface area contributed by atoms with Crippen molar-refractivity contribution in [3.63, 3.8) is 0 Å². The Morgan fingerprint density at radius 1 is 1.33 bits per heavy atom. The molecule has 0 saturated carbocycles. The van der Waals surface area contributed by atoms with Crippen LogP contribution in [0.25, 0.3) is 0 Å². The van der Waals surface area contributed by atoms with E-state index in [1.54, 1.807) is 0 Å². The first-order valence-electron chi connectivity index (χ1n) is 6.10. The first kappa shape index (κ1) is 15.0. The number of amides is 1. The summed E-state index contributed by atoms with van der Waals surface area (Å²) in [4.78, 5) is 35.4. The largest absolute Gasteiger partial charge is 0.480 e. The van der Waals surface area contributed by atoms with Gasteiger partial charge in [0.05, 0.1) is 0 Å². The zero-order valence-corrected chi connectivity index (χ0v) is 11.5. The van der Waals surface area contributed by atoms with Crippen molar-refractivity contribution >= 4 is 28.8 Å². The summed E-state index contributed by atoms with van der Waals surface area (Å²) < 4.78 is 0. The van der Waals surface area contributed by atoms with Gasteiger partial charge in [-0.1, -0.05) is 11.8 Å². The van der Waals surface area contributed by atoms with Gasteiger partial charge in [-0.05, 0) is 26.2 Å². The molecule has 6 heteroatoms. The lowest BCUT2D eigenvalue weighted by Crippen LogP contribution is -2.52. The second-order valence-corrected chi connectivity index (χ2v) is 5.80. The minimum absolute atomic E-state index is 0.0238. The fraction of sp³-hybridized carbons (Fsp3) is 0.750. The van der Waals surface area contributed by atoms with Crippen molar-refractivity contribution < 1.29 is 19.5 Å². The van der Waals surface area contributed by atoms with Crippen LogP contribution in [0, 0.1) is 0 Å². The normalized spacial score (nSPS) is 23.8. The summed E-state index contributed by atoms with van der Waals surface area (Å²) >= 11 is 1.10. The van der Waals surface area contributed by atoms with Gasteiger partial charge in [-0.25, -0.2) is 4.79 Å². The molecule has 0 unspecified atom stereocenters. The molecule has 0 spiro atoms. The first-order chi connectivity index (χ1) is 8.43. The van der Waals surface area contributed by atoms with Crippen LogP contribution in [-0.4, -0.2) is 44.8 Å². The summed E-state index contributed by atoms with van der Waals surface area (Å²) in [7, 11) is 0. The molecule has 1 aliphatic heterocycles. The molecule has 1 fully saturated rings.